The Hall–Kier alpha value is -5.52. The molecule has 0 fully saturated rings. The van der Waals surface area contributed by atoms with Gasteiger partial charge in [0.1, 0.15) is 29.6 Å². The molecule has 0 saturated heterocycles. The van der Waals surface area contributed by atoms with Gasteiger partial charge in [0.25, 0.3) is 11.4 Å². The number of hydrogen-bond donors (Lipinski definition) is 0. The molecule has 0 amide bonds. The van der Waals surface area contributed by atoms with Crippen LogP contribution in [0.5, 0.6) is 0 Å². The smallest absolute Gasteiger partial charge is 0.269 e. The minimum absolute atomic E-state index is 0.0367. The van der Waals surface area contributed by atoms with E-state index < -0.39 is 21.1 Å². The topological polar surface area (TPSA) is 164 Å². The molecule has 36 heavy (non-hydrogen) atoms. The van der Waals surface area contributed by atoms with Crippen LogP contribution in [0.25, 0.3) is 28.0 Å². The molecule has 0 aliphatic carbocycles. The average molecular weight is 483 g/mol. The van der Waals surface area contributed by atoms with Crippen molar-refractivity contribution in [2.45, 2.75) is 0 Å². The third kappa shape index (κ3) is 3.88. The molecule has 176 valence electrons. The second-order valence-electron chi connectivity index (χ2n) is 7.59. The molecule has 0 atom stereocenters. The summed E-state index contributed by atoms with van der Waals surface area (Å²) in [7, 11) is 0. The van der Waals surface area contributed by atoms with Crippen LogP contribution in [-0.2, 0) is 0 Å². The van der Waals surface area contributed by atoms with E-state index in [0.717, 1.165) is 12.1 Å². The van der Waals surface area contributed by atoms with Crippen LogP contribution < -0.4 is 5.43 Å². The zero-order valence-electron chi connectivity index (χ0n) is 18.1. The van der Waals surface area contributed by atoms with E-state index in [-0.39, 0.29) is 44.8 Å². The summed E-state index contributed by atoms with van der Waals surface area (Å²) in [6, 6.07) is 14.7. The minimum Gasteiger partial charge on any atom is -0.455 e. The van der Waals surface area contributed by atoms with Crippen molar-refractivity contribution in [2.75, 3.05) is 0 Å². The number of rotatable bonds is 6. The Morgan fingerprint density at radius 2 is 1.53 bits per heavy atom. The predicted molar refractivity (Wildman–Crippen MR) is 126 cm³/mol. The lowest BCUT2D eigenvalue weighted by Gasteiger charge is -2.11. The molecule has 5 rings (SSSR count). The number of nitro groups is 2. The number of non-ortho nitro benzene ring substituents is 2. The lowest BCUT2D eigenvalue weighted by molar-refractivity contribution is -0.385. The summed E-state index contributed by atoms with van der Waals surface area (Å²) in [6.45, 7) is 0. The molecule has 0 unspecified atom stereocenters. The maximum absolute atomic E-state index is 13.6. The van der Waals surface area contributed by atoms with Crippen molar-refractivity contribution >= 4 is 28.1 Å². The molecular formula is C24H13N5O7. The molecule has 0 spiro atoms. The second kappa shape index (κ2) is 8.68. The molecule has 0 bridgehead atoms. The van der Waals surface area contributed by atoms with Gasteiger partial charge in [-0.3, -0.25) is 29.8 Å². The fourth-order valence-electron chi connectivity index (χ4n) is 3.69. The van der Waals surface area contributed by atoms with Gasteiger partial charge < -0.3 is 4.42 Å². The lowest BCUT2D eigenvalue weighted by Crippen LogP contribution is -2.18. The van der Waals surface area contributed by atoms with Crippen LogP contribution in [0.4, 0.5) is 11.4 Å². The van der Waals surface area contributed by atoms with Gasteiger partial charge in [0.15, 0.2) is 0 Å². The summed E-state index contributed by atoms with van der Waals surface area (Å²) in [6.07, 6.45) is 2.80. The Bertz CT molecular complexity index is 1710. The molecule has 2 aromatic heterocycles. The van der Waals surface area contributed by atoms with Crippen LogP contribution in [0.15, 0.2) is 88.6 Å². The molecular weight excluding hydrogens is 470 g/mol. The molecule has 3 aromatic carbocycles. The first-order valence-corrected chi connectivity index (χ1v) is 10.3. The van der Waals surface area contributed by atoms with Gasteiger partial charge in [0, 0.05) is 41.5 Å². The number of aromatic nitrogens is 3. The van der Waals surface area contributed by atoms with Crippen molar-refractivity contribution in [3.8, 4) is 17.0 Å². The van der Waals surface area contributed by atoms with Gasteiger partial charge in [-0.2, -0.15) is 5.10 Å². The number of carbonyl (C=O) groups excluding carboxylic acids is 1. The van der Waals surface area contributed by atoms with Crippen LogP contribution in [0.1, 0.15) is 15.9 Å². The third-order valence-corrected chi connectivity index (χ3v) is 5.47. The Morgan fingerprint density at radius 1 is 0.889 bits per heavy atom. The van der Waals surface area contributed by atoms with E-state index in [4.69, 9.17) is 4.42 Å². The maximum Gasteiger partial charge on any atom is 0.269 e. The van der Waals surface area contributed by atoms with E-state index in [0.29, 0.717) is 5.69 Å². The highest BCUT2D eigenvalue weighted by atomic mass is 16.6. The zero-order chi connectivity index (χ0) is 25.4. The first-order chi connectivity index (χ1) is 17.3. The zero-order valence-corrected chi connectivity index (χ0v) is 18.1. The van der Waals surface area contributed by atoms with E-state index in [1.54, 1.807) is 12.1 Å². The van der Waals surface area contributed by atoms with Gasteiger partial charge in [0.2, 0.25) is 11.2 Å². The third-order valence-electron chi connectivity index (χ3n) is 5.47. The number of hydrogen-bond acceptors (Lipinski definition) is 9. The van der Waals surface area contributed by atoms with Crippen molar-refractivity contribution in [3.63, 3.8) is 0 Å². The Labute approximate surface area is 200 Å². The summed E-state index contributed by atoms with van der Waals surface area (Å²) in [5, 5.41) is 26.2. The Kier molecular flexibility index (Phi) is 5.37. The van der Waals surface area contributed by atoms with Gasteiger partial charge in [-0.05, 0) is 36.4 Å². The Morgan fingerprint density at radius 3 is 2.11 bits per heavy atom. The second-order valence-corrected chi connectivity index (χ2v) is 7.59. The van der Waals surface area contributed by atoms with Gasteiger partial charge in [-0.25, -0.2) is 9.67 Å². The summed E-state index contributed by atoms with van der Waals surface area (Å²) < 4.78 is 7.50. The highest BCUT2D eigenvalue weighted by molar-refractivity contribution is 6.13. The maximum atomic E-state index is 13.6. The van der Waals surface area contributed by atoms with Crippen LogP contribution in [0, 0.1) is 20.2 Å². The van der Waals surface area contributed by atoms with E-state index in [9.17, 15) is 29.8 Å². The standard InChI is InChI=1S/C24H13N5O7/c30-22(14-1-5-16(6-2-14)28(32)33)21-23(31)19-10-9-18(27-13-25-12-26-27)11-20(19)36-24(21)15-3-7-17(8-4-15)29(34)35/h1-13H. The van der Waals surface area contributed by atoms with Crippen molar-refractivity contribution in [1.29, 1.82) is 0 Å². The fraction of sp³-hybridized carbons (Fsp3) is 0. The number of fused-ring (bicyclic) bond motifs is 1. The van der Waals surface area contributed by atoms with E-state index in [1.807, 2.05) is 0 Å². The molecule has 0 aliphatic heterocycles. The van der Waals surface area contributed by atoms with Gasteiger partial charge >= 0.3 is 0 Å². The first kappa shape index (κ1) is 22.3. The summed E-state index contributed by atoms with van der Waals surface area (Å²) in [5.41, 5.74) is -0.330. The van der Waals surface area contributed by atoms with E-state index in [2.05, 4.69) is 10.1 Å². The molecule has 0 saturated carbocycles. The van der Waals surface area contributed by atoms with Gasteiger partial charge in [-0.1, -0.05) is 0 Å². The number of nitrogens with zero attached hydrogens (tertiary/aromatic N) is 5. The predicted octanol–water partition coefficient (Wildman–Crippen LogP) is 4.09. The van der Waals surface area contributed by atoms with Crippen LogP contribution in [0.2, 0.25) is 0 Å². The highest BCUT2D eigenvalue weighted by Gasteiger charge is 2.25. The van der Waals surface area contributed by atoms with Gasteiger partial charge in [-0.15, -0.1) is 0 Å². The average Bonchev–Trinajstić information content (AvgIpc) is 3.43. The fourth-order valence-corrected chi connectivity index (χ4v) is 3.69. The summed E-state index contributed by atoms with van der Waals surface area (Å²) in [5.74, 6) is -0.809. The van der Waals surface area contributed by atoms with Crippen LogP contribution >= 0.6 is 0 Å². The summed E-state index contributed by atoms with van der Waals surface area (Å²) in [4.78, 5) is 51.8. The largest absolute Gasteiger partial charge is 0.455 e. The molecule has 0 radical (unpaired) electrons. The normalized spacial score (nSPS) is 10.9. The van der Waals surface area contributed by atoms with Crippen LogP contribution in [0.3, 0.4) is 0 Å². The van der Waals surface area contributed by atoms with E-state index in [1.165, 1.54) is 59.8 Å². The molecule has 12 heteroatoms. The number of nitro benzene ring substituents is 2. The Balaban J connectivity index is 1.73. The van der Waals surface area contributed by atoms with Crippen molar-refractivity contribution < 1.29 is 19.1 Å². The minimum atomic E-state index is -0.714. The van der Waals surface area contributed by atoms with Crippen molar-refractivity contribution in [3.05, 3.63) is 121 Å². The molecule has 2 heterocycles. The van der Waals surface area contributed by atoms with Crippen molar-refractivity contribution in [2.24, 2.45) is 0 Å². The molecule has 0 aliphatic rings. The quantitative estimate of drug-likeness (QED) is 0.196. The van der Waals surface area contributed by atoms with Crippen LogP contribution in [-0.4, -0.2) is 30.4 Å². The monoisotopic (exact) mass is 483 g/mol. The summed E-state index contributed by atoms with van der Waals surface area (Å²) >= 11 is 0. The molecule has 0 N–H and O–H groups in total. The van der Waals surface area contributed by atoms with Crippen molar-refractivity contribution in [1.82, 2.24) is 14.8 Å². The van der Waals surface area contributed by atoms with Gasteiger partial charge in [0.05, 0.1) is 20.9 Å². The number of ketones is 1. The molecule has 5 aromatic rings. The number of benzene rings is 3. The lowest BCUT2D eigenvalue weighted by atomic mass is 9.97. The van der Waals surface area contributed by atoms with E-state index >= 15 is 0 Å². The first-order valence-electron chi connectivity index (χ1n) is 10.3. The highest BCUT2D eigenvalue weighted by Crippen LogP contribution is 2.30. The number of carbonyl (C=O) groups is 1. The SMILES string of the molecule is O=C(c1ccc([N+](=O)[O-])cc1)c1c(-c2ccc([N+](=O)[O-])cc2)oc2cc(-n3cncn3)ccc2c1=O. The molecule has 12 nitrogen and oxygen atoms in total.